The van der Waals surface area contributed by atoms with Crippen molar-refractivity contribution in [1.29, 1.82) is 0 Å². The molecule has 2 aromatic rings. The Bertz CT molecular complexity index is 901. The molecule has 0 N–H and O–H groups in total. The van der Waals surface area contributed by atoms with Crippen LogP contribution in [0, 0.1) is 0 Å². The smallest absolute Gasteiger partial charge is 0.368 e. The second kappa shape index (κ2) is 7.64. The molecule has 1 heterocycles. The zero-order valence-corrected chi connectivity index (χ0v) is 16.5. The van der Waals surface area contributed by atoms with Crippen molar-refractivity contribution in [2.24, 2.45) is 0 Å². The molecule has 1 aliphatic heterocycles. The van der Waals surface area contributed by atoms with Crippen LogP contribution in [-0.4, -0.2) is 37.1 Å². The molecule has 1 saturated heterocycles. The normalized spacial score (nSPS) is 23.0. The van der Waals surface area contributed by atoms with E-state index in [9.17, 15) is 26.3 Å². The number of piperazine rings is 1. The van der Waals surface area contributed by atoms with Crippen LogP contribution in [-0.2, 0) is 12.4 Å². The Morgan fingerprint density at radius 2 is 1.33 bits per heavy atom. The van der Waals surface area contributed by atoms with Crippen LogP contribution < -0.4 is 4.90 Å². The van der Waals surface area contributed by atoms with Gasteiger partial charge in [0.2, 0.25) is 0 Å². The van der Waals surface area contributed by atoms with E-state index in [1.165, 1.54) is 18.2 Å². The molecular weight excluding hydrogens is 430 g/mol. The van der Waals surface area contributed by atoms with Crippen molar-refractivity contribution in [3.8, 4) is 0 Å². The van der Waals surface area contributed by atoms with Gasteiger partial charge < -0.3 is 4.90 Å². The summed E-state index contributed by atoms with van der Waals surface area (Å²) in [5.74, 6) is 0.191. The Hall–Kier alpha value is -1.93. The lowest BCUT2D eigenvalue weighted by Gasteiger charge is -2.37. The predicted octanol–water partition coefficient (Wildman–Crippen LogP) is 6.06. The SMILES string of the molecule is FC(F)(F)c1ccc(C2CC2N2CCN(c3cc(C(F)(F)F)ccc3Cl)CC2)cc1. The number of alkyl halides is 6. The lowest BCUT2D eigenvalue weighted by molar-refractivity contribution is -0.138. The van der Waals surface area contributed by atoms with Crippen LogP contribution in [0.4, 0.5) is 32.0 Å². The second-order valence-electron chi connectivity index (χ2n) is 7.72. The monoisotopic (exact) mass is 448 g/mol. The number of benzene rings is 2. The third-order valence-corrected chi connectivity index (χ3v) is 6.14. The van der Waals surface area contributed by atoms with E-state index in [4.69, 9.17) is 11.6 Å². The summed E-state index contributed by atoms with van der Waals surface area (Å²) in [6.45, 7) is 2.40. The van der Waals surface area contributed by atoms with Crippen LogP contribution >= 0.6 is 11.6 Å². The van der Waals surface area contributed by atoms with Crippen LogP contribution in [0.15, 0.2) is 42.5 Å². The minimum absolute atomic E-state index is 0.191. The van der Waals surface area contributed by atoms with Gasteiger partial charge in [0.1, 0.15) is 0 Å². The highest BCUT2D eigenvalue weighted by Crippen LogP contribution is 2.46. The van der Waals surface area contributed by atoms with E-state index in [1.54, 1.807) is 0 Å². The zero-order chi connectivity index (χ0) is 21.7. The van der Waals surface area contributed by atoms with Gasteiger partial charge in [-0.3, -0.25) is 4.90 Å². The van der Waals surface area contributed by atoms with Crippen LogP contribution in [0.1, 0.15) is 29.0 Å². The maximum absolute atomic E-state index is 13.0. The van der Waals surface area contributed by atoms with Crippen molar-refractivity contribution in [1.82, 2.24) is 4.90 Å². The highest BCUT2D eigenvalue weighted by atomic mass is 35.5. The predicted molar refractivity (Wildman–Crippen MR) is 103 cm³/mol. The summed E-state index contributed by atoms with van der Waals surface area (Å²) < 4.78 is 77.2. The fourth-order valence-corrected chi connectivity index (χ4v) is 4.33. The molecule has 2 unspecified atom stereocenters. The highest BCUT2D eigenvalue weighted by molar-refractivity contribution is 6.33. The molecule has 2 nitrogen and oxygen atoms in total. The van der Waals surface area contributed by atoms with Crippen LogP contribution in [0.2, 0.25) is 5.02 Å². The Balaban J connectivity index is 1.37. The zero-order valence-electron chi connectivity index (χ0n) is 15.8. The summed E-state index contributed by atoms with van der Waals surface area (Å²) in [6.07, 6.45) is -7.90. The molecule has 0 bridgehead atoms. The minimum Gasteiger partial charge on any atom is -0.368 e. The van der Waals surface area contributed by atoms with Crippen molar-refractivity contribution >= 4 is 17.3 Å². The molecule has 30 heavy (non-hydrogen) atoms. The first-order valence-electron chi connectivity index (χ1n) is 9.57. The Labute approximate surface area is 175 Å². The number of halogens is 7. The number of hydrogen-bond acceptors (Lipinski definition) is 2. The van der Waals surface area contributed by atoms with Gasteiger partial charge in [-0.1, -0.05) is 23.7 Å². The van der Waals surface area contributed by atoms with Gasteiger partial charge in [-0.25, -0.2) is 0 Å². The molecule has 4 rings (SSSR count). The largest absolute Gasteiger partial charge is 0.416 e. The maximum Gasteiger partial charge on any atom is 0.416 e. The standard InChI is InChI=1S/C21H19ClF6N2/c22-17-6-5-15(21(26,27)28)11-19(17)30-9-7-29(8-10-30)18-12-16(18)13-1-3-14(4-2-13)20(23,24)25/h1-6,11,16,18H,7-10,12H2. The molecule has 1 saturated carbocycles. The van der Waals surface area contributed by atoms with Crippen molar-refractivity contribution in [3.63, 3.8) is 0 Å². The van der Waals surface area contributed by atoms with E-state index < -0.39 is 23.5 Å². The number of rotatable bonds is 3. The quantitative estimate of drug-likeness (QED) is 0.527. The van der Waals surface area contributed by atoms with Crippen LogP contribution in [0.3, 0.4) is 0 Å². The Morgan fingerprint density at radius 1 is 0.767 bits per heavy atom. The maximum atomic E-state index is 13.0. The minimum atomic E-state index is -4.43. The van der Waals surface area contributed by atoms with Gasteiger partial charge in [0.15, 0.2) is 0 Å². The molecule has 2 aliphatic rings. The average Bonchev–Trinajstić information content (AvgIpc) is 3.48. The lowest BCUT2D eigenvalue weighted by Crippen LogP contribution is -2.47. The van der Waals surface area contributed by atoms with E-state index in [2.05, 4.69) is 4.90 Å². The summed E-state index contributed by atoms with van der Waals surface area (Å²) in [6, 6.07) is 8.87. The van der Waals surface area contributed by atoms with Gasteiger partial charge in [-0.2, -0.15) is 26.3 Å². The van der Waals surface area contributed by atoms with E-state index in [0.29, 0.717) is 31.9 Å². The van der Waals surface area contributed by atoms with Crippen molar-refractivity contribution in [2.75, 3.05) is 31.1 Å². The molecule has 9 heteroatoms. The first kappa shape index (κ1) is 21.3. The molecule has 1 aliphatic carbocycles. The molecule has 2 atom stereocenters. The molecule has 0 amide bonds. The Kier molecular flexibility index (Phi) is 5.43. The van der Waals surface area contributed by atoms with Gasteiger partial charge in [0.05, 0.1) is 21.8 Å². The van der Waals surface area contributed by atoms with Crippen LogP contribution in [0.5, 0.6) is 0 Å². The first-order chi connectivity index (χ1) is 14.0. The summed E-state index contributed by atoms with van der Waals surface area (Å²) >= 11 is 6.14. The van der Waals surface area contributed by atoms with E-state index >= 15 is 0 Å². The van der Waals surface area contributed by atoms with Crippen molar-refractivity contribution < 1.29 is 26.3 Å². The third kappa shape index (κ3) is 4.39. The fraction of sp³-hybridized carbons (Fsp3) is 0.429. The average molecular weight is 449 g/mol. The van der Waals surface area contributed by atoms with E-state index in [1.807, 2.05) is 4.90 Å². The second-order valence-corrected chi connectivity index (χ2v) is 8.12. The topological polar surface area (TPSA) is 6.48 Å². The van der Waals surface area contributed by atoms with Crippen molar-refractivity contribution in [3.05, 3.63) is 64.2 Å². The molecule has 162 valence electrons. The number of nitrogens with zero attached hydrogens (tertiary/aromatic N) is 2. The van der Waals surface area contributed by atoms with Gasteiger partial charge in [-0.15, -0.1) is 0 Å². The summed E-state index contributed by atoms with van der Waals surface area (Å²) in [5.41, 5.74) is -0.124. The molecule has 0 spiro atoms. The van der Waals surface area contributed by atoms with E-state index in [-0.39, 0.29) is 17.0 Å². The fourth-order valence-electron chi connectivity index (χ4n) is 4.09. The molecular formula is C21H19ClF6N2. The highest BCUT2D eigenvalue weighted by Gasteiger charge is 2.44. The Morgan fingerprint density at radius 3 is 1.90 bits per heavy atom. The van der Waals surface area contributed by atoms with E-state index in [0.717, 1.165) is 36.2 Å². The first-order valence-corrected chi connectivity index (χ1v) is 9.95. The molecule has 2 fully saturated rings. The summed E-state index contributed by atoms with van der Waals surface area (Å²) in [7, 11) is 0. The number of anilines is 1. The molecule has 0 aromatic heterocycles. The number of hydrogen-bond donors (Lipinski definition) is 0. The van der Waals surface area contributed by atoms with Gasteiger partial charge in [0, 0.05) is 38.1 Å². The van der Waals surface area contributed by atoms with Gasteiger partial charge in [0.25, 0.3) is 0 Å². The van der Waals surface area contributed by atoms with Gasteiger partial charge in [-0.05, 0) is 42.3 Å². The molecule has 2 aromatic carbocycles. The third-order valence-electron chi connectivity index (χ3n) is 5.82. The summed E-state index contributed by atoms with van der Waals surface area (Å²) in [4.78, 5) is 4.10. The van der Waals surface area contributed by atoms with Crippen molar-refractivity contribution in [2.45, 2.75) is 30.7 Å². The van der Waals surface area contributed by atoms with Gasteiger partial charge >= 0.3 is 12.4 Å². The van der Waals surface area contributed by atoms with Crippen LogP contribution in [0.25, 0.3) is 0 Å². The summed E-state index contributed by atoms with van der Waals surface area (Å²) in [5, 5.41) is 0.283. The lowest BCUT2D eigenvalue weighted by atomic mass is 10.1. The molecule has 0 radical (unpaired) electrons.